The number of hydrogen-bond acceptors (Lipinski definition) is 4. The summed E-state index contributed by atoms with van der Waals surface area (Å²) < 4.78 is 0. The number of nitrogens with zero attached hydrogens (tertiary/aromatic N) is 2. The first-order chi connectivity index (χ1) is 17.0. The number of hydrogen-bond donors (Lipinski definition) is 1. The van der Waals surface area contributed by atoms with E-state index in [4.69, 9.17) is 23.2 Å². The van der Waals surface area contributed by atoms with E-state index in [0.717, 1.165) is 16.0 Å². The fourth-order valence-electron chi connectivity index (χ4n) is 5.48. The number of anilines is 2. The van der Waals surface area contributed by atoms with Gasteiger partial charge in [-0.1, -0.05) is 59.6 Å². The molecule has 0 saturated carbocycles. The van der Waals surface area contributed by atoms with Gasteiger partial charge in [0.1, 0.15) is 6.04 Å². The summed E-state index contributed by atoms with van der Waals surface area (Å²) in [6.07, 6.45) is 3.73. The SMILES string of the molecule is O=C(Nc1ccc(Cl)cc1)[C@@H]1[C@@H]2C(=O)N(c3ccccc3Cl)C(=O)[C@H]2[C@H]2c3ccccc3C=CN12. The molecular weight excluding hydrogens is 485 g/mol. The fraction of sp³-hybridized carbons (Fsp3) is 0.148. The molecule has 3 aliphatic heterocycles. The van der Waals surface area contributed by atoms with Gasteiger partial charge >= 0.3 is 0 Å². The molecule has 0 unspecified atom stereocenters. The molecule has 6 nitrogen and oxygen atoms in total. The maximum absolute atomic E-state index is 13.8. The van der Waals surface area contributed by atoms with Gasteiger partial charge in [-0.2, -0.15) is 0 Å². The van der Waals surface area contributed by atoms with Gasteiger partial charge in [0.2, 0.25) is 17.7 Å². The largest absolute Gasteiger partial charge is 0.357 e. The zero-order valence-corrected chi connectivity index (χ0v) is 19.8. The third-order valence-corrected chi connectivity index (χ3v) is 7.51. The van der Waals surface area contributed by atoms with Crippen molar-refractivity contribution in [1.82, 2.24) is 4.90 Å². The Hall–Kier alpha value is -3.61. The van der Waals surface area contributed by atoms with Crippen molar-refractivity contribution < 1.29 is 14.4 Å². The highest BCUT2D eigenvalue weighted by Crippen LogP contribution is 2.53. The van der Waals surface area contributed by atoms with Crippen LogP contribution in [0, 0.1) is 11.8 Å². The fourth-order valence-corrected chi connectivity index (χ4v) is 5.82. The van der Waals surface area contributed by atoms with Gasteiger partial charge in [0.15, 0.2) is 0 Å². The minimum atomic E-state index is -0.880. The second kappa shape index (κ2) is 8.26. The predicted molar refractivity (Wildman–Crippen MR) is 135 cm³/mol. The summed E-state index contributed by atoms with van der Waals surface area (Å²) in [4.78, 5) is 44.3. The van der Waals surface area contributed by atoms with Crippen LogP contribution in [0.3, 0.4) is 0 Å². The highest BCUT2D eigenvalue weighted by Gasteiger charge is 2.64. The minimum Gasteiger partial charge on any atom is -0.357 e. The van der Waals surface area contributed by atoms with Gasteiger partial charge in [-0.05, 0) is 53.6 Å². The Kier molecular flexibility index (Phi) is 5.16. The van der Waals surface area contributed by atoms with Crippen molar-refractivity contribution in [3.05, 3.63) is 100 Å². The third kappa shape index (κ3) is 3.36. The molecule has 2 fully saturated rings. The van der Waals surface area contributed by atoms with Crippen molar-refractivity contribution in [1.29, 1.82) is 0 Å². The Bertz CT molecular complexity index is 1400. The third-order valence-electron chi connectivity index (χ3n) is 6.94. The molecule has 1 N–H and O–H groups in total. The van der Waals surface area contributed by atoms with Crippen molar-refractivity contribution in [3.63, 3.8) is 0 Å². The predicted octanol–water partition coefficient (Wildman–Crippen LogP) is 5.15. The Morgan fingerprint density at radius 3 is 2.29 bits per heavy atom. The smallest absolute Gasteiger partial charge is 0.247 e. The summed E-state index contributed by atoms with van der Waals surface area (Å²) in [5, 5.41) is 3.75. The number of amides is 3. The molecule has 3 heterocycles. The van der Waals surface area contributed by atoms with Crippen LogP contribution < -0.4 is 10.2 Å². The van der Waals surface area contributed by atoms with Gasteiger partial charge in [0.25, 0.3) is 0 Å². The molecule has 0 bridgehead atoms. The maximum Gasteiger partial charge on any atom is 0.247 e. The zero-order chi connectivity index (χ0) is 24.3. The molecule has 0 aromatic heterocycles. The van der Waals surface area contributed by atoms with Crippen molar-refractivity contribution >= 4 is 58.4 Å². The molecule has 3 aliphatic rings. The van der Waals surface area contributed by atoms with Crippen LogP contribution in [0.1, 0.15) is 17.2 Å². The van der Waals surface area contributed by atoms with Crippen molar-refractivity contribution in [2.75, 3.05) is 10.2 Å². The number of para-hydroxylation sites is 1. The van der Waals surface area contributed by atoms with E-state index in [1.165, 1.54) is 0 Å². The molecule has 3 aromatic carbocycles. The van der Waals surface area contributed by atoms with Crippen LogP contribution in [0.15, 0.2) is 79.0 Å². The number of nitrogens with one attached hydrogen (secondary N) is 1. The number of rotatable bonds is 3. The summed E-state index contributed by atoms with van der Waals surface area (Å²) in [6, 6.07) is 19.9. The molecule has 6 rings (SSSR count). The molecule has 35 heavy (non-hydrogen) atoms. The van der Waals surface area contributed by atoms with Gasteiger partial charge in [-0.15, -0.1) is 0 Å². The Morgan fingerprint density at radius 2 is 1.51 bits per heavy atom. The van der Waals surface area contributed by atoms with E-state index < -0.39 is 29.8 Å². The first kappa shape index (κ1) is 21.9. The lowest BCUT2D eigenvalue weighted by molar-refractivity contribution is -0.128. The molecule has 0 radical (unpaired) electrons. The molecule has 174 valence electrons. The molecular formula is C27H19Cl2N3O3. The normalized spacial score (nSPS) is 24.3. The van der Waals surface area contributed by atoms with Gasteiger partial charge < -0.3 is 10.2 Å². The van der Waals surface area contributed by atoms with E-state index in [0.29, 0.717) is 21.4 Å². The lowest BCUT2D eigenvalue weighted by Gasteiger charge is -2.35. The Balaban J connectivity index is 1.45. The van der Waals surface area contributed by atoms with E-state index in [2.05, 4.69) is 5.32 Å². The van der Waals surface area contributed by atoms with E-state index in [-0.39, 0.29) is 11.8 Å². The molecule has 8 heteroatoms. The van der Waals surface area contributed by atoms with Crippen molar-refractivity contribution in [2.24, 2.45) is 11.8 Å². The molecule has 0 spiro atoms. The summed E-state index contributed by atoms with van der Waals surface area (Å²) in [6.45, 7) is 0. The average molecular weight is 504 g/mol. The summed E-state index contributed by atoms with van der Waals surface area (Å²) in [5.74, 6) is -2.74. The van der Waals surface area contributed by atoms with Crippen LogP contribution in [0.25, 0.3) is 6.08 Å². The molecule has 2 saturated heterocycles. The average Bonchev–Trinajstić information content (AvgIpc) is 3.34. The van der Waals surface area contributed by atoms with Crippen LogP contribution in [0.4, 0.5) is 11.4 Å². The van der Waals surface area contributed by atoms with Crippen LogP contribution in [-0.4, -0.2) is 28.7 Å². The topological polar surface area (TPSA) is 69.7 Å². The number of carbonyl (C=O) groups is 3. The second-order valence-corrected chi connectivity index (χ2v) is 9.64. The molecule has 0 aliphatic carbocycles. The van der Waals surface area contributed by atoms with Crippen LogP contribution in [0.2, 0.25) is 10.0 Å². The first-order valence-electron chi connectivity index (χ1n) is 11.2. The van der Waals surface area contributed by atoms with Gasteiger partial charge in [-0.3, -0.25) is 14.4 Å². The van der Waals surface area contributed by atoms with Crippen molar-refractivity contribution in [3.8, 4) is 0 Å². The monoisotopic (exact) mass is 503 g/mol. The number of imide groups is 1. The van der Waals surface area contributed by atoms with Crippen molar-refractivity contribution in [2.45, 2.75) is 12.1 Å². The minimum absolute atomic E-state index is 0.303. The standard InChI is InChI=1S/C27H19Cl2N3O3/c28-16-9-11-17(12-10-16)30-25(33)24-22-21(23-18-6-2-1-5-15(18)13-14-31(23)24)26(34)32(27(22)35)20-8-4-3-7-19(20)29/h1-14,21-24H,(H,30,33)/t21-,22-,23-,24+/m1/s1. The molecule has 3 amide bonds. The molecule has 3 aromatic rings. The summed E-state index contributed by atoms with van der Waals surface area (Å²) >= 11 is 12.4. The number of carbonyl (C=O) groups excluding carboxylic acids is 3. The highest BCUT2D eigenvalue weighted by molar-refractivity contribution is 6.36. The Labute approximate surface area is 211 Å². The lowest BCUT2D eigenvalue weighted by Crippen LogP contribution is -2.46. The van der Waals surface area contributed by atoms with Crippen LogP contribution in [-0.2, 0) is 14.4 Å². The summed E-state index contributed by atoms with van der Waals surface area (Å²) in [5.41, 5.74) is 2.76. The van der Waals surface area contributed by atoms with Gasteiger partial charge in [0, 0.05) is 16.9 Å². The van der Waals surface area contributed by atoms with E-state index in [1.54, 1.807) is 48.5 Å². The van der Waals surface area contributed by atoms with Gasteiger partial charge in [-0.25, -0.2) is 4.90 Å². The van der Waals surface area contributed by atoms with E-state index >= 15 is 0 Å². The van der Waals surface area contributed by atoms with Crippen LogP contribution >= 0.6 is 23.2 Å². The Morgan fingerprint density at radius 1 is 0.829 bits per heavy atom. The van der Waals surface area contributed by atoms with E-state index in [1.807, 2.05) is 41.4 Å². The zero-order valence-electron chi connectivity index (χ0n) is 18.3. The highest BCUT2D eigenvalue weighted by atomic mass is 35.5. The quantitative estimate of drug-likeness (QED) is 0.502. The maximum atomic E-state index is 13.8. The second-order valence-electron chi connectivity index (χ2n) is 8.79. The van der Waals surface area contributed by atoms with E-state index in [9.17, 15) is 14.4 Å². The number of benzene rings is 3. The first-order valence-corrected chi connectivity index (χ1v) is 11.9. The number of halogens is 2. The molecule has 4 atom stereocenters. The number of fused-ring (bicyclic) bond motifs is 5. The van der Waals surface area contributed by atoms with Crippen LogP contribution in [0.5, 0.6) is 0 Å². The summed E-state index contributed by atoms with van der Waals surface area (Å²) in [7, 11) is 0. The van der Waals surface area contributed by atoms with Gasteiger partial charge in [0.05, 0.1) is 28.6 Å². The lowest BCUT2D eigenvalue weighted by atomic mass is 9.84.